The van der Waals surface area contributed by atoms with Crippen LogP contribution in [0.1, 0.15) is 12.8 Å². The van der Waals surface area contributed by atoms with Crippen LogP contribution < -0.4 is 5.69 Å². The molecule has 1 aromatic heterocycles. The highest BCUT2D eigenvalue weighted by molar-refractivity contribution is 5.86. The van der Waals surface area contributed by atoms with E-state index >= 15 is 0 Å². The third-order valence-corrected chi connectivity index (χ3v) is 4.97. The molecule has 27 heavy (non-hydrogen) atoms. The Kier molecular flexibility index (Phi) is 5.29. The number of amides is 2. The van der Waals surface area contributed by atoms with Crippen LogP contribution in [0.4, 0.5) is 0 Å². The molecule has 0 bridgehead atoms. The molecule has 1 fully saturated rings. The lowest BCUT2D eigenvalue weighted by Gasteiger charge is -2.31. The summed E-state index contributed by atoms with van der Waals surface area (Å²) in [5.41, 5.74) is 0.904. The summed E-state index contributed by atoms with van der Waals surface area (Å²) in [6.45, 7) is 0.487. The van der Waals surface area contributed by atoms with Crippen molar-refractivity contribution in [3.63, 3.8) is 0 Å². The fourth-order valence-corrected chi connectivity index (χ4v) is 3.29. The first-order valence-corrected chi connectivity index (χ1v) is 8.79. The van der Waals surface area contributed by atoms with E-state index < -0.39 is 11.9 Å². The maximum atomic E-state index is 12.5. The molecule has 1 saturated heterocycles. The van der Waals surface area contributed by atoms with Gasteiger partial charge in [0.15, 0.2) is 0 Å². The quantitative estimate of drug-likeness (QED) is 0.771. The Labute approximate surface area is 155 Å². The first-order chi connectivity index (χ1) is 12.9. The Morgan fingerprint density at radius 1 is 1.22 bits per heavy atom. The molecule has 1 aliphatic rings. The third-order valence-electron chi connectivity index (χ3n) is 4.97. The minimum Gasteiger partial charge on any atom is -0.481 e. The average Bonchev–Trinajstić information content (AvgIpc) is 2.97. The molecule has 0 radical (unpaired) electrons. The molecule has 9 heteroatoms. The van der Waals surface area contributed by atoms with Gasteiger partial charge in [0.2, 0.25) is 11.8 Å². The van der Waals surface area contributed by atoms with E-state index in [0.717, 1.165) is 0 Å². The average molecular weight is 374 g/mol. The SMILES string of the molecule is CN(CC(=O)N1CCC(C(=O)O)CC1)C(=O)Cn1c(=O)[nH]c2ccccc21. The Balaban J connectivity index is 1.59. The monoisotopic (exact) mass is 374 g/mol. The number of benzene rings is 1. The van der Waals surface area contributed by atoms with E-state index in [9.17, 15) is 19.2 Å². The number of aromatic nitrogens is 2. The number of hydrogen-bond acceptors (Lipinski definition) is 4. The number of rotatable bonds is 5. The van der Waals surface area contributed by atoms with Crippen LogP contribution in [0.3, 0.4) is 0 Å². The van der Waals surface area contributed by atoms with Gasteiger partial charge >= 0.3 is 11.7 Å². The molecule has 0 aliphatic carbocycles. The molecule has 0 unspecified atom stereocenters. The molecule has 3 rings (SSSR count). The molecule has 0 atom stereocenters. The number of fused-ring (bicyclic) bond motifs is 1. The Bertz CT molecular complexity index is 923. The van der Waals surface area contributed by atoms with Crippen molar-refractivity contribution in [2.75, 3.05) is 26.7 Å². The topological polar surface area (TPSA) is 116 Å². The van der Waals surface area contributed by atoms with Crippen molar-refractivity contribution >= 4 is 28.8 Å². The highest BCUT2D eigenvalue weighted by Gasteiger charge is 2.28. The summed E-state index contributed by atoms with van der Waals surface area (Å²) in [6.07, 6.45) is 0.840. The molecular weight excluding hydrogens is 352 g/mol. The number of imidazole rings is 1. The molecule has 1 aromatic carbocycles. The normalized spacial score (nSPS) is 15.1. The molecule has 9 nitrogen and oxygen atoms in total. The Morgan fingerprint density at radius 3 is 2.56 bits per heavy atom. The number of nitrogens with zero attached hydrogens (tertiary/aromatic N) is 3. The number of H-pyrrole nitrogens is 1. The molecule has 0 spiro atoms. The van der Waals surface area contributed by atoms with E-state index in [1.54, 1.807) is 29.2 Å². The van der Waals surface area contributed by atoms with Crippen LogP contribution in [0.5, 0.6) is 0 Å². The third kappa shape index (κ3) is 4.02. The van der Waals surface area contributed by atoms with Gasteiger partial charge in [0.05, 0.1) is 23.5 Å². The van der Waals surface area contributed by atoms with Crippen molar-refractivity contribution in [2.24, 2.45) is 5.92 Å². The molecular formula is C18H22N4O5. The highest BCUT2D eigenvalue weighted by atomic mass is 16.4. The van der Waals surface area contributed by atoms with Gasteiger partial charge in [-0.05, 0) is 25.0 Å². The van der Waals surface area contributed by atoms with Crippen molar-refractivity contribution in [3.05, 3.63) is 34.7 Å². The largest absolute Gasteiger partial charge is 0.481 e. The lowest BCUT2D eigenvalue weighted by Crippen LogP contribution is -2.46. The second-order valence-corrected chi connectivity index (χ2v) is 6.78. The molecule has 1 aliphatic heterocycles. The van der Waals surface area contributed by atoms with Crippen LogP contribution in [0.25, 0.3) is 11.0 Å². The molecule has 2 N–H and O–H groups in total. The maximum Gasteiger partial charge on any atom is 0.326 e. The minimum absolute atomic E-state index is 0.103. The van der Waals surface area contributed by atoms with Gasteiger partial charge in [-0.25, -0.2) is 4.79 Å². The van der Waals surface area contributed by atoms with Crippen molar-refractivity contribution in [2.45, 2.75) is 19.4 Å². The summed E-state index contributed by atoms with van der Waals surface area (Å²) in [5.74, 6) is -1.82. The number of carboxylic acid groups (broad SMARTS) is 1. The van der Waals surface area contributed by atoms with Gasteiger partial charge in [0.1, 0.15) is 6.54 Å². The summed E-state index contributed by atoms with van der Waals surface area (Å²) in [6, 6.07) is 7.08. The van der Waals surface area contributed by atoms with E-state index in [-0.39, 0.29) is 30.6 Å². The lowest BCUT2D eigenvalue weighted by atomic mass is 9.97. The summed E-state index contributed by atoms with van der Waals surface area (Å²) in [5, 5.41) is 9.01. The number of carboxylic acids is 1. The Morgan fingerprint density at radius 2 is 1.89 bits per heavy atom. The lowest BCUT2D eigenvalue weighted by molar-refractivity contribution is -0.146. The first kappa shape index (κ1) is 18.7. The van der Waals surface area contributed by atoms with E-state index in [0.29, 0.717) is 37.0 Å². The van der Waals surface area contributed by atoms with Crippen LogP contribution in [-0.4, -0.2) is 68.9 Å². The fourth-order valence-electron chi connectivity index (χ4n) is 3.29. The molecule has 144 valence electrons. The van der Waals surface area contributed by atoms with Crippen molar-refractivity contribution in [1.82, 2.24) is 19.4 Å². The zero-order valence-corrected chi connectivity index (χ0v) is 15.1. The number of carbonyl (C=O) groups is 3. The van der Waals surface area contributed by atoms with Gasteiger partial charge in [0, 0.05) is 20.1 Å². The first-order valence-electron chi connectivity index (χ1n) is 8.79. The summed E-state index contributed by atoms with van der Waals surface area (Å²) in [7, 11) is 1.52. The van der Waals surface area contributed by atoms with Gasteiger partial charge in [-0.2, -0.15) is 0 Å². The van der Waals surface area contributed by atoms with E-state index in [4.69, 9.17) is 5.11 Å². The number of likely N-dealkylation sites (tertiary alicyclic amines) is 1. The van der Waals surface area contributed by atoms with Gasteiger partial charge < -0.3 is 19.9 Å². The van der Waals surface area contributed by atoms with Crippen molar-refractivity contribution < 1.29 is 19.5 Å². The van der Waals surface area contributed by atoms with Gasteiger partial charge in [-0.3, -0.25) is 19.0 Å². The van der Waals surface area contributed by atoms with Gasteiger partial charge in [0.25, 0.3) is 0 Å². The highest BCUT2D eigenvalue weighted by Crippen LogP contribution is 2.17. The number of para-hydroxylation sites is 2. The fraction of sp³-hybridized carbons (Fsp3) is 0.444. The number of likely N-dealkylation sites (N-methyl/N-ethyl adjacent to an activating group) is 1. The predicted octanol–water partition coefficient (Wildman–Crippen LogP) is 0.111. The van der Waals surface area contributed by atoms with Crippen LogP contribution in [0.15, 0.2) is 29.1 Å². The molecule has 2 aromatic rings. The predicted molar refractivity (Wildman–Crippen MR) is 97.1 cm³/mol. The number of piperidine rings is 1. The van der Waals surface area contributed by atoms with E-state index in [2.05, 4.69) is 4.98 Å². The van der Waals surface area contributed by atoms with Gasteiger partial charge in [-0.15, -0.1) is 0 Å². The van der Waals surface area contributed by atoms with Crippen molar-refractivity contribution in [3.8, 4) is 0 Å². The minimum atomic E-state index is -0.835. The van der Waals surface area contributed by atoms with Gasteiger partial charge in [-0.1, -0.05) is 12.1 Å². The maximum absolute atomic E-state index is 12.5. The zero-order chi connectivity index (χ0) is 19.6. The standard InChI is InChI=1S/C18H22N4O5/c1-20(10-16(24)21-8-6-12(7-9-21)17(25)26)15(23)11-22-14-5-3-2-4-13(14)19-18(22)27/h2-5,12H,6-11H2,1H3,(H,19,27)(H,25,26). The van der Waals surface area contributed by atoms with E-state index in [1.165, 1.54) is 16.5 Å². The molecule has 2 amide bonds. The number of aliphatic carboxylic acids is 1. The zero-order valence-electron chi connectivity index (χ0n) is 15.1. The van der Waals surface area contributed by atoms with Crippen LogP contribution in [0, 0.1) is 5.92 Å². The van der Waals surface area contributed by atoms with E-state index in [1.807, 2.05) is 0 Å². The van der Waals surface area contributed by atoms with Crippen LogP contribution in [0.2, 0.25) is 0 Å². The second-order valence-electron chi connectivity index (χ2n) is 6.78. The molecule has 0 saturated carbocycles. The Hall–Kier alpha value is -3.10. The number of nitrogens with one attached hydrogen (secondary N) is 1. The van der Waals surface area contributed by atoms with Crippen molar-refractivity contribution in [1.29, 1.82) is 0 Å². The smallest absolute Gasteiger partial charge is 0.326 e. The summed E-state index contributed by atoms with van der Waals surface area (Å²) in [4.78, 5) is 53.5. The summed E-state index contributed by atoms with van der Waals surface area (Å²) < 4.78 is 1.34. The number of hydrogen-bond donors (Lipinski definition) is 2. The van der Waals surface area contributed by atoms with Crippen LogP contribution >= 0.6 is 0 Å². The van der Waals surface area contributed by atoms with Crippen LogP contribution in [-0.2, 0) is 20.9 Å². The molecule has 2 heterocycles. The summed E-state index contributed by atoms with van der Waals surface area (Å²) >= 11 is 0. The number of carbonyl (C=O) groups excluding carboxylic acids is 2. The second kappa shape index (κ2) is 7.65. The number of aromatic amines is 1.